The van der Waals surface area contributed by atoms with Crippen molar-refractivity contribution in [2.75, 3.05) is 24.7 Å². The summed E-state index contributed by atoms with van der Waals surface area (Å²) in [4.78, 5) is 0.206. The highest BCUT2D eigenvalue weighted by Gasteiger charge is 2.18. The van der Waals surface area contributed by atoms with Crippen LogP contribution in [0.4, 0.5) is 5.69 Å². The first-order chi connectivity index (χ1) is 7.99. The molecule has 0 unspecified atom stereocenters. The van der Waals surface area contributed by atoms with Crippen LogP contribution in [0.5, 0.6) is 0 Å². The van der Waals surface area contributed by atoms with Crippen LogP contribution in [0.1, 0.15) is 18.9 Å². The summed E-state index contributed by atoms with van der Waals surface area (Å²) >= 11 is 0. The standard InChI is InChI=1S/C12H19NO3S/c1-3-7-16-8-9-17(14,15)11-6-4-5-10(2)12(11)13/h4-6H,3,7-9,13H2,1-2H3. The molecular weight excluding hydrogens is 238 g/mol. The number of aryl methyl sites for hydroxylation is 1. The molecule has 0 aliphatic rings. The second-order valence-electron chi connectivity index (χ2n) is 3.92. The molecule has 96 valence electrons. The Balaban J connectivity index is 2.79. The molecule has 4 nitrogen and oxygen atoms in total. The SMILES string of the molecule is CCCOCCS(=O)(=O)c1cccc(C)c1N. The Morgan fingerprint density at radius 3 is 2.65 bits per heavy atom. The average Bonchev–Trinajstić information content (AvgIpc) is 2.28. The second-order valence-corrected chi connectivity index (χ2v) is 6.00. The zero-order valence-electron chi connectivity index (χ0n) is 10.3. The number of anilines is 1. The maximum absolute atomic E-state index is 12.0. The van der Waals surface area contributed by atoms with Gasteiger partial charge >= 0.3 is 0 Å². The first kappa shape index (κ1) is 14.0. The van der Waals surface area contributed by atoms with E-state index in [1.165, 1.54) is 6.07 Å². The normalized spacial score (nSPS) is 11.6. The lowest BCUT2D eigenvalue weighted by molar-refractivity contribution is 0.149. The van der Waals surface area contributed by atoms with Gasteiger partial charge in [-0.2, -0.15) is 0 Å². The molecule has 0 radical (unpaired) electrons. The Bertz CT molecular complexity index is 469. The van der Waals surface area contributed by atoms with Gasteiger partial charge in [-0.15, -0.1) is 0 Å². The number of nitrogen functional groups attached to an aromatic ring is 1. The summed E-state index contributed by atoms with van der Waals surface area (Å²) in [5, 5.41) is 0. The first-order valence-electron chi connectivity index (χ1n) is 5.64. The first-order valence-corrected chi connectivity index (χ1v) is 7.30. The van der Waals surface area contributed by atoms with Gasteiger partial charge in [0.1, 0.15) is 0 Å². The number of rotatable bonds is 6. The number of benzene rings is 1. The lowest BCUT2D eigenvalue weighted by atomic mass is 10.2. The maximum Gasteiger partial charge on any atom is 0.182 e. The highest BCUT2D eigenvalue weighted by molar-refractivity contribution is 7.91. The zero-order valence-corrected chi connectivity index (χ0v) is 11.1. The summed E-state index contributed by atoms with van der Waals surface area (Å²) in [5.41, 5.74) is 6.89. The van der Waals surface area contributed by atoms with Crippen molar-refractivity contribution in [3.05, 3.63) is 23.8 Å². The maximum atomic E-state index is 12.0. The summed E-state index contributed by atoms with van der Waals surface area (Å²) in [6, 6.07) is 5.03. The Labute approximate surface area is 103 Å². The molecule has 17 heavy (non-hydrogen) atoms. The smallest absolute Gasteiger partial charge is 0.182 e. The summed E-state index contributed by atoms with van der Waals surface area (Å²) in [6.45, 7) is 4.57. The summed E-state index contributed by atoms with van der Waals surface area (Å²) in [6.07, 6.45) is 0.882. The van der Waals surface area contributed by atoms with E-state index in [0.717, 1.165) is 12.0 Å². The van der Waals surface area contributed by atoms with Gasteiger partial charge in [-0.1, -0.05) is 19.1 Å². The minimum absolute atomic E-state index is 0.0271. The van der Waals surface area contributed by atoms with E-state index in [0.29, 0.717) is 12.3 Å². The third-order valence-corrected chi connectivity index (χ3v) is 4.19. The Morgan fingerprint density at radius 1 is 1.29 bits per heavy atom. The van der Waals surface area contributed by atoms with Crippen LogP contribution in [0.15, 0.2) is 23.1 Å². The molecule has 1 aromatic carbocycles. The minimum Gasteiger partial charge on any atom is -0.397 e. The quantitative estimate of drug-likeness (QED) is 0.623. The van der Waals surface area contributed by atoms with Crippen LogP contribution in [0.2, 0.25) is 0 Å². The van der Waals surface area contributed by atoms with Crippen molar-refractivity contribution < 1.29 is 13.2 Å². The van der Waals surface area contributed by atoms with Crippen LogP contribution in [-0.4, -0.2) is 27.4 Å². The lowest BCUT2D eigenvalue weighted by Crippen LogP contribution is -2.14. The second kappa shape index (κ2) is 6.02. The fourth-order valence-electron chi connectivity index (χ4n) is 1.45. The van der Waals surface area contributed by atoms with Crippen molar-refractivity contribution in [1.29, 1.82) is 0 Å². The Hall–Kier alpha value is -1.07. The number of nitrogens with two attached hydrogens (primary N) is 1. The van der Waals surface area contributed by atoms with E-state index < -0.39 is 9.84 Å². The van der Waals surface area contributed by atoms with E-state index in [9.17, 15) is 8.42 Å². The predicted molar refractivity (Wildman–Crippen MR) is 68.8 cm³/mol. The fraction of sp³-hybridized carbons (Fsp3) is 0.500. The number of hydrogen-bond acceptors (Lipinski definition) is 4. The van der Waals surface area contributed by atoms with Gasteiger partial charge in [-0.25, -0.2) is 8.42 Å². The van der Waals surface area contributed by atoms with Crippen LogP contribution in [-0.2, 0) is 14.6 Å². The molecule has 0 fully saturated rings. The van der Waals surface area contributed by atoms with Crippen molar-refractivity contribution in [1.82, 2.24) is 0 Å². The van der Waals surface area contributed by atoms with Crippen molar-refractivity contribution in [3.8, 4) is 0 Å². The van der Waals surface area contributed by atoms with Gasteiger partial charge in [0, 0.05) is 6.61 Å². The van der Waals surface area contributed by atoms with E-state index in [1.807, 2.05) is 6.92 Å². The van der Waals surface area contributed by atoms with E-state index in [1.54, 1.807) is 19.1 Å². The summed E-state index contributed by atoms with van der Waals surface area (Å²) < 4.78 is 29.2. The van der Waals surface area contributed by atoms with E-state index >= 15 is 0 Å². The third kappa shape index (κ3) is 3.71. The van der Waals surface area contributed by atoms with Gasteiger partial charge in [-0.3, -0.25) is 0 Å². The third-order valence-electron chi connectivity index (χ3n) is 2.46. The molecule has 0 amide bonds. The molecule has 0 aromatic heterocycles. The molecule has 2 N–H and O–H groups in total. The van der Waals surface area contributed by atoms with Crippen molar-refractivity contribution in [3.63, 3.8) is 0 Å². The van der Waals surface area contributed by atoms with Crippen LogP contribution in [0.3, 0.4) is 0 Å². The van der Waals surface area contributed by atoms with Crippen LogP contribution >= 0.6 is 0 Å². The van der Waals surface area contributed by atoms with Crippen molar-refractivity contribution in [2.24, 2.45) is 0 Å². The van der Waals surface area contributed by atoms with Gasteiger partial charge in [0.15, 0.2) is 9.84 Å². The van der Waals surface area contributed by atoms with Gasteiger partial charge in [0.05, 0.1) is 22.9 Å². The number of ether oxygens (including phenoxy) is 1. The molecule has 1 rings (SSSR count). The molecule has 0 saturated heterocycles. The highest BCUT2D eigenvalue weighted by atomic mass is 32.2. The van der Waals surface area contributed by atoms with Gasteiger partial charge in [-0.05, 0) is 25.0 Å². The molecule has 0 atom stereocenters. The number of para-hydroxylation sites is 1. The van der Waals surface area contributed by atoms with Gasteiger partial charge < -0.3 is 10.5 Å². The summed E-state index contributed by atoms with van der Waals surface area (Å²) in [7, 11) is -3.34. The van der Waals surface area contributed by atoms with Crippen molar-refractivity contribution >= 4 is 15.5 Å². The molecule has 1 aromatic rings. The minimum atomic E-state index is -3.34. The van der Waals surface area contributed by atoms with Gasteiger partial charge in [0.25, 0.3) is 0 Å². The van der Waals surface area contributed by atoms with Crippen LogP contribution in [0.25, 0.3) is 0 Å². The van der Waals surface area contributed by atoms with Crippen molar-refractivity contribution in [2.45, 2.75) is 25.2 Å². The number of sulfone groups is 1. The molecule has 0 aliphatic carbocycles. The summed E-state index contributed by atoms with van der Waals surface area (Å²) in [5.74, 6) is -0.0271. The molecule has 0 aliphatic heterocycles. The molecule has 0 spiro atoms. The van der Waals surface area contributed by atoms with E-state index in [4.69, 9.17) is 10.5 Å². The van der Waals surface area contributed by atoms with Crippen LogP contribution < -0.4 is 5.73 Å². The topological polar surface area (TPSA) is 69.4 Å². The van der Waals surface area contributed by atoms with Gasteiger partial charge in [0.2, 0.25) is 0 Å². The Morgan fingerprint density at radius 2 is 2.00 bits per heavy atom. The molecule has 0 heterocycles. The Kier molecular flexibility index (Phi) is 4.96. The lowest BCUT2D eigenvalue weighted by Gasteiger charge is -2.09. The molecule has 5 heteroatoms. The fourth-order valence-corrected chi connectivity index (χ4v) is 2.79. The van der Waals surface area contributed by atoms with E-state index in [-0.39, 0.29) is 17.3 Å². The zero-order chi connectivity index (χ0) is 12.9. The number of hydrogen-bond donors (Lipinski definition) is 1. The average molecular weight is 257 g/mol. The predicted octanol–water partition coefficient (Wildman–Crippen LogP) is 1.78. The molecule has 0 saturated carbocycles. The molecular formula is C12H19NO3S. The van der Waals surface area contributed by atoms with Crippen LogP contribution in [0, 0.1) is 6.92 Å². The highest BCUT2D eigenvalue weighted by Crippen LogP contribution is 2.22. The largest absolute Gasteiger partial charge is 0.397 e. The van der Waals surface area contributed by atoms with E-state index in [2.05, 4.69) is 0 Å². The molecule has 0 bridgehead atoms. The monoisotopic (exact) mass is 257 g/mol.